The molecule has 0 aromatic carbocycles. The fraction of sp³-hybridized carbons (Fsp3) is 0.889. The van der Waals surface area contributed by atoms with Crippen LogP contribution < -0.4 is 5.32 Å². The Morgan fingerprint density at radius 1 is 1.50 bits per heavy atom. The smallest absolute Gasteiger partial charge is 0.323 e. The van der Waals surface area contributed by atoms with Gasteiger partial charge in [0.25, 0.3) is 0 Å². The number of nitrogens with one attached hydrogen (secondary N) is 1. The van der Waals surface area contributed by atoms with Crippen LogP contribution in [0.2, 0.25) is 0 Å². The van der Waals surface area contributed by atoms with Gasteiger partial charge in [0.05, 0.1) is 17.6 Å². The Morgan fingerprint density at radius 3 is 2.38 bits per heavy atom. The molecule has 1 aliphatic heterocycles. The number of hydrogen-bond acceptors (Lipinski definition) is 5. The molecule has 1 saturated heterocycles. The lowest BCUT2D eigenvalue weighted by Gasteiger charge is -2.29. The fourth-order valence-electron chi connectivity index (χ4n) is 1.69. The van der Waals surface area contributed by atoms with E-state index in [0.29, 0.717) is 6.42 Å². The number of rotatable bonds is 4. The van der Waals surface area contributed by atoms with Crippen molar-refractivity contribution >= 4 is 15.8 Å². The minimum atomic E-state index is -3.26. The van der Waals surface area contributed by atoms with Gasteiger partial charge in [-0.15, -0.1) is 0 Å². The maximum Gasteiger partial charge on any atom is 0.323 e. The fourth-order valence-corrected chi connectivity index (χ4v) is 3.43. The first-order valence-electron chi connectivity index (χ1n) is 5.10. The van der Waals surface area contributed by atoms with Crippen LogP contribution in [-0.2, 0) is 14.6 Å². The number of aliphatic hydroxyl groups excluding tert-OH is 1. The van der Waals surface area contributed by atoms with Crippen LogP contribution in [0.5, 0.6) is 0 Å². The Bertz CT molecular complexity index is 379. The van der Waals surface area contributed by atoms with Crippen LogP contribution in [-0.4, -0.2) is 53.8 Å². The largest absolute Gasteiger partial charge is 0.480 e. The molecule has 94 valence electrons. The second kappa shape index (κ2) is 4.31. The standard InChI is InChI=1S/C9H17NO5S/c1-3-9(2,8(12)13)10-6-4-16(14,15)5-7(6)11/h6-7,10-11H,3-5H2,1-2H3,(H,12,13). The van der Waals surface area contributed by atoms with Gasteiger partial charge in [-0.05, 0) is 13.3 Å². The van der Waals surface area contributed by atoms with Crippen molar-refractivity contribution in [2.75, 3.05) is 11.5 Å². The van der Waals surface area contributed by atoms with Gasteiger partial charge in [-0.25, -0.2) is 8.42 Å². The summed E-state index contributed by atoms with van der Waals surface area (Å²) < 4.78 is 22.5. The summed E-state index contributed by atoms with van der Waals surface area (Å²) in [5.74, 6) is -1.56. The Morgan fingerprint density at radius 2 is 2.06 bits per heavy atom. The van der Waals surface area contributed by atoms with Gasteiger partial charge in [0.1, 0.15) is 5.54 Å². The lowest BCUT2D eigenvalue weighted by molar-refractivity contribution is -0.144. The monoisotopic (exact) mass is 251 g/mol. The number of hydrogen-bond donors (Lipinski definition) is 3. The van der Waals surface area contributed by atoms with Crippen molar-refractivity contribution in [2.24, 2.45) is 0 Å². The maximum absolute atomic E-state index is 11.2. The van der Waals surface area contributed by atoms with E-state index in [1.807, 2.05) is 0 Å². The van der Waals surface area contributed by atoms with E-state index in [0.717, 1.165) is 0 Å². The van der Waals surface area contributed by atoms with Gasteiger partial charge < -0.3 is 10.2 Å². The highest BCUT2D eigenvalue weighted by atomic mass is 32.2. The summed E-state index contributed by atoms with van der Waals surface area (Å²) in [5.41, 5.74) is -1.20. The van der Waals surface area contributed by atoms with Gasteiger partial charge in [0.2, 0.25) is 0 Å². The minimum absolute atomic E-state index is 0.211. The van der Waals surface area contributed by atoms with E-state index in [-0.39, 0.29) is 11.5 Å². The number of aliphatic carboxylic acids is 1. The summed E-state index contributed by atoms with van der Waals surface area (Å²) in [7, 11) is -3.26. The van der Waals surface area contributed by atoms with Crippen LogP contribution in [0.1, 0.15) is 20.3 Å². The molecule has 0 aromatic heterocycles. The molecule has 0 aliphatic carbocycles. The van der Waals surface area contributed by atoms with Crippen LogP contribution in [0.15, 0.2) is 0 Å². The predicted molar refractivity (Wildman–Crippen MR) is 57.9 cm³/mol. The molecule has 1 fully saturated rings. The van der Waals surface area contributed by atoms with Gasteiger partial charge in [-0.1, -0.05) is 6.92 Å². The molecule has 7 heteroatoms. The third kappa shape index (κ3) is 2.72. The molecule has 3 unspecified atom stereocenters. The van der Waals surface area contributed by atoms with Crippen LogP contribution in [0.25, 0.3) is 0 Å². The summed E-state index contributed by atoms with van der Waals surface area (Å²) in [6.07, 6.45) is -0.721. The quantitative estimate of drug-likeness (QED) is 0.591. The highest BCUT2D eigenvalue weighted by Gasteiger charge is 2.42. The molecule has 3 atom stereocenters. The lowest BCUT2D eigenvalue weighted by atomic mass is 9.97. The molecule has 3 N–H and O–H groups in total. The number of carboxylic acids is 1. The molecule has 1 aliphatic rings. The Balaban J connectivity index is 2.78. The third-order valence-corrected chi connectivity index (χ3v) is 4.72. The van der Waals surface area contributed by atoms with Crippen LogP contribution >= 0.6 is 0 Å². The second-order valence-corrected chi connectivity index (χ2v) is 6.54. The number of aliphatic hydroxyl groups is 1. The van der Waals surface area contributed by atoms with E-state index in [2.05, 4.69) is 5.32 Å². The second-order valence-electron chi connectivity index (χ2n) is 4.39. The highest BCUT2D eigenvalue weighted by molar-refractivity contribution is 7.91. The van der Waals surface area contributed by atoms with E-state index < -0.39 is 33.5 Å². The van der Waals surface area contributed by atoms with E-state index in [4.69, 9.17) is 5.11 Å². The summed E-state index contributed by atoms with van der Waals surface area (Å²) in [6.45, 7) is 3.17. The van der Waals surface area contributed by atoms with Gasteiger partial charge in [-0.3, -0.25) is 10.1 Å². The van der Waals surface area contributed by atoms with Gasteiger partial charge >= 0.3 is 5.97 Å². The van der Waals surface area contributed by atoms with Gasteiger partial charge in [0.15, 0.2) is 9.84 Å². The first kappa shape index (κ1) is 13.4. The Labute approximate surface area is 94.6 Å². The zero-order chi connectivity index (χ0) is 12.6. The zero-order valence-electron chi connectivity index (χ0n) is 9.30. The van der Waals surface area contributed by atoms with Crippen molar-refractivity contribution in [1.29, 1.82) is 0 Å². The summed E-state index contributed by atoms with van der Waals surface area (Å²) in [5, 5.41) is 21.3. The third-order valence-electron chi connectivity index (χ3n) is 3.01. The molecule has 6 nitrogen and oxygen atoms in total. The van der Waals surface area contributed by atoms with Crippen molar-refractivity contribution in [1.82, 2.24) is 5.32 Å². The SMILES string of the molecule is CCC(C)(NC1CS(=O)(=O)CC1O)C(=O)O. The Hall–Kier alpha value is -0.660. The van der Waals surface area contributed by atoms with Crippen LogP contribution in [0.4, 0.5) is 0 Å². The molecule has 0 aromatic rings. The van der Waals surface area contributed by atoms with Crippen molar-refractivity contribution < 1.29 is 23.4 Å². The molecule has 0 radical (unpaired) electrons. The van der Waals surface area contributed by atoms with Crippen LogP contribution in [0, 0.1) is 0 Å². The zero-order valence-corrected chi connectivity index (χ0v) is 10.1. The number of sulfone groups is 1. The number of carboxylic acid groups (broad SMARTS) is 1. The average Bonchev–Trinajstić information content (AvgIpc) is 2.39. The highest BCUT2D eigenvalue weighted by Crippen LogP contribution is 2.18. The molecule has 0 spiro atoms. The van der Waals surface area contributed by atoms with Crippen LogP contribution in [0.3, 0.4) is 0 Å². The summed E-state index contributed by atoms with van der Waals surface area (Å²) in [4.78, 5) is 11.0. The van der Waals surface area contributed by atoms with E-state index in [9.17, 15) is 18.3 Å². The molecule has 16 heavy (non-hydrogen) atoms. The number of carbonyl (C=O) groups is 1. The molecular weight excluding hydrogens is 234 g/mol. The maximum atomic E-state index is 11.2. The topological polar surface area (TPSA) is 104 Å². The van der Waals surface area contributed by atoms with Gasteiger partial charge in [0, 0.05) is 6.04 Å². The first-order chi connectivity index (χ1) is 7.20. The molecule has 0 bridgehead atoms. The first-order valence-corrected chi connectivity index (χ1v) is 6.92. The predicted octanol–water partition coefficient (Wildman–Crippen LogP) is -1.01. The lowest BCUT2D eigenvalue weighted by Crippen LogP contribution is -2.56. The van der Waals surface area contributed by atoms with E-state index in [1.165, 1.54) is 6.92 Å². The van der Waals surface area contributed by atoms with Gasteiger partial charge in [-0.2, -0.15) is 0 Å². The Kier molecular flexibility index (Phi) is 3.61. The molecule has 1 rings (SSSR count). The minimum Gasteiger partial charge on any atom is -0.480 e. The summed E-state index contributed by atoms with van der Waals surface area (Å²) in [6, 6.07) is -0.703. The molecular formula is C9H17NO5S. The summed E-state index contributed by atoms with van der Waals surface area (Å²) >= 11 is 0. The van der Waals surface area contributed by atoms with E-state index >= 15 is 0 Å². The normalized spacial score (nSPS) is 32.2. The molecule has 0 saturated carbocycles. The molecule has 0 amide bonds. The van der Waals surface area contributed by atoms with E-state index in [1.54, 1.807) is 6.92 Å². The van der Waals surface area contributed by atoms with Crippen molar-refractivity contribution in [2.45, 2.75) is 38.0 Å². The van der Waals surface area contributed by atoms with Crippen molar-refractivity contribution in [3.8, 4) is 0 Å². The van der Waals surface area contributed by atoms with Crippen molar-refractivity contribution in [3.63, 3.8) is 0 Å². The average molecular weight is 251 g/mol. The van der Waals surface area contributed by atoms with Crippen molar-refractivity contribution in [3.05, 3.63) is 0 Å². The molecule has 1 heterocycles.